The van der Waals surface area contributed by atoms with Crippen molar-refractivity contribution < 1.29 is 9.47 Å². The number of hydrogen-bond acceptors (Lipinski definition) is 10. The molecule has 0 fully saturated rings. The van der Waals surface area contributed by atoms with Crippen LogP contribution in [0.4, 0.5) is 11.6 Å². The summed E-state index contributed by atoms with van der Waals surface area (Å²) in [5.74, 6) is 3.58. The fourth-order valence-electron chi connectivity index (χ4n) is 2.18. The number of pyridine rings is 4. The Morgan fingerprint density at radius 3 is 1.34 bits per heavy atom. The van der Waals surface area contributed by atoms with E-state index in [4.69, 9.17) is 9.47 Å². The predicted octanol–water partition coefficient (Wildman–Crippen LogP) is 6.01. The number of hydrogen-bond donors (Lipinski definition) is 0. The van der Waals surface area contributed by atoms with E-state index in [1.807, 2.05) is 12.1 Å². The Morgan fingerprint density at radius 2 is 1.03 bits per heavy atom. The summed E-state index contributed by atoms with van der Waals surface area (Å²) in [6, 6.07) is 14.1. The first-order chi connectivity index (χ1) is 15.8. The van der Waals surface area contributed by atoms with Gasteiger partial charge in [-0.1, -0.05) is 0 Å². The summed E-state index contributed by atoms with van der Waals surface area (Å²) >= 11 is 8.95. The Labute approximate surface area is 194 Å². The van der Waals surface area contributed by atoms with Crippen LogP contribution in [0, 0.1) is 0 Å². The van der Waals surface area contributed by atoms with E-state index in [1.54, 1.807) is 73.6 Å². The first kappa shape index (κ1) is 22.5. The van der Waals surface area contributed by atoms with E-state index in [0.29, 0.717) is 34.6 Å². The smallest absolute Gasteiger partial charge is 0.162 e. The third kappa shape index (κ3) is 7.56. The second kappa shape index (κ2) is 12.5. The van der Waals surface area contributed by atoms with E-state index in [-0.39, 0.29) is 0 Å². The molecule has 0 atom stereocenters. The number of aliphatic imine (C=N–C) groups is 2. The van der Waals surface area contributed by atoms with Gasteiger partial charge in [0.2, 0.25) is 0 Å². The van der Waals surface area contributed by atoms with Crippen molar-refractivity contribution in [2.45, 2.75) is 0 Å². The lowest BCUT2D eigenvalue weighted by molar-refractivity contribution is 0.478. The first-order valence-electron chi connectivity index (χ1n) is 9.00. The molecule has 0 aliphatic heterocycles. The summed E-state index contributed by atoms with van der Waals surface area (Å²) < 4.78 is 11.0. The van der Waals surface area contributed by atoms with Gasteiger partial charge in [-0.15, -0.1) is 0 Å². The van der Waals surface area contributed by atoms with Crippen molar-refractivity contribution in [2.24, 2.45) is 9.98 Å². The zero-order valence-corrected chi connectivity index (χ0v) is 18.0. The van der Waals surface area contributed by atoms with Gasteiger partial charge in [0, 0.05) is 12.4 Å². The number of thiocarbonyl (C=S) groups is 2. The summed E-state index contributed by atoms with van der Waals surface area (Å²) in [4.78, 5) is 23.4. The molecule has 156 valence electrons. The summed E-state index contributed by atoms with van der Waals surface area (Å²) in [5, 5.41) is 4.50. The van der Waals surface area contributed by atoms with Crippen molar-refractivity contribution in [3.05, 3.63) is 85.7 Å². The van der Waals surface area contributed by atoms with E-state index in [1.165, 1.54) is 0 Å². The van der Waals surface area contributed by atoms with Crippen LogP contribution in [0.2, 0.25) is 0 Å². The van der Waals surface area contributed by atoms with Gasteiger partial charge in [0.15, 0.2) is 11.6 Å². The van der Waals surface area contributed by atoms with Crippen LogP contribution in [0.5, 0.6) is 23.0 Å². The molecule has 0 N–H and O–H groups in total. The molecule has 0 spiro atoms. The van der Waals surface area contributed by atoms with E-state index in [0.717, 1.165) is 0 Å². The van der Waals surface area contributed by atoms with Gasteiger partial charge >= 0.3 is 0 Å². The molecule has 4 heterocycles. The van der Waals surface area contributed by atoms with Crippen LogP contribution in [0.3, 0.4) is 0 Å². The molecule has 32 heavy (non-hydrogen) atoms. The van der Waals surface area contributed by atoms with Gasteiger partial charge in [0.25, 0.3) is 0 Å². The molecule has 4 rings (SSSR count). The lowest BCUT2D eigenvalue weighted by Crippen LogP contribution is -1.85. The Bertz CT molecular complexity index is 1110. The monoisotopic (exact) mass is 458 g/mol. The molecule has 8 nitrogen and oxygen atoms in total. The molecule has 0 aliphatic carbocycles. The maximum Gasteiger partial charge on any atom is 0.162 e. The fourth-order valence-corrected chi connectivity index (χ4v) is 2.37. The highest BCUT2D eigenvalue weighted by atomic mass is 32.1. The van der Waals surface area contributed by atoms with Crippen LogP contribution in [0.25, 0.3) is 0 Å². The highest BCUT2D eigenvalue weighted by molar-refractivity contribution is 7.78. The van der Waals surface area contributed by atoms with Crippen LogP contribution in [0.15, 0.2) is 95.7 Å². The largest absolute Gasteiger partial charge is 0.454 e. The minimum atomic E-state index is 0.508. The summed E-state index contributed by atoms with van der Waals surface area (Å²) in [5.41, 5.74) is 0. The van der Waals surface area contributed by atoms with Crippen LogP contribution < -0.4 is 9.47 Å². The number of nitrogens with zero attached hydrogens (tertiary/aromatic N) is 6. The zero-order chi connectivity index (χ0) is 22.4. The second-order valence-electron chi connectivity index (χ2n) is 5.69. The molecule has 0 radical (unpaired) electrons. The van der Waals surface area contributed by atoms with Gasteiger partial charge in [-0.2, -0.15) is 9.98 Å². The maximum atomic E-state index is 5.50. The van der Waals surface area contributed by atoms with Crippen LogP contribution in [0.1, 0.15) is 0 Å². The SMILES string of the molecule is S=C=Nc1ccc(Oc2cccnc2)cn1.S=C=Nc1ccc(Oc2cccnc2)cn1. The molecule has 0 saturated carbocycles. The standard InChI is InChI=1S/2C11H7N3OS/c2*16-8-14-11-4-3-10(7-13-11)15-9-2-1-5-12-6-9/h2*1-7H. The fraction of sp³-hybridized carbons (Fsp3) is 0. The average Bonchev–Trinajstić information content (AvgIpc) is 2.84. The van der Waals surface area contributed by atoms with Gasteiger partial charge in [-0.05, 0) is 73.0 Å². The lowest BCUT2D eigenvalue weighted by Gasteiger charge is -2.03. The zero-order valence-electron chi connectivity index (χ0n) is 16.4. The Balaban J connectivity index is 0.000000181. The van der Waals surface area contributed by atoms with Crippen LogP contribution >= 0.6 is 24.4 Å². The number of rotatable bonds is 6. The van der Waals surface area contributed by atoms with Crippen LogP contribution in [-0.2, 0) is 0 Å². The van der Waals surface area contributed by atoms with E-state index >= 15 is 0 Å². The average molecular weight is 459 g/mol. The Morgan fingerprint density at radius 1 is 0.594 bits per heavy atom. The molecular weight excluding hydrogens is 444 g/mol. The summed E-state index contributed by atoms with van der Waals surface area (Å²) in [6.45, 7) is 0. The van der Waals surface area contributed by atoms with Gasteiger partial charge in [0.1, 0.15) is 23.0 Å². The summed E-state index contributed by atoms with van der Waals surface area (Å²) in [7, 11) is 0. The minimum absolute atomic E-state index is 0.508. The van der Waals surface area contributed by atoms with Crippen molar-refractivity contribution in [3.63, 3.8) is 0 Å². The number of aromatic nitrogens is 4. The third-order valence-corrected chi connectivity index (χ3v) is 3.68. The molecule has 4 aromatic heterocycles. The highest BCUT2D eigenvalue weighted by Crippen LogP contribution is 2.21. The van der Waals surface area contributed by atoms with Crippen molar-refractivity contribution in [2.75, 3.05) is 0 Å². The Hall–Kier alpha value is -4.20. The number of isothiocyanates is 2. The van der Waals surface area contributed by atoms with Gasteiger partial charge < -0.3 is 9.47 Å². The molecule has 0 aliphatic rings. The predicted molar refractivity (Wildman–Crippen MR) is 126 cm³/mol. The topological polar surface area (TPSA) is 94.7 Å². The quantitative estimate of drug-likeness (QED) is 0.256. The normalized spacial score (nSPS) is 9.25. The number of ether oxygens (including phenoxy) is 2. The molecule has 0 bridgehead atoms. The van der Waals surface area contributed by atoms with Gasteiger partial charge in [-0.25, -0.2) is 9.97 Å². The molecule has 0 saturated heterocycles. The van der Waals surface area contributed by atoms with E-state index in [2.05, 4.69) is 64.7 Å². The molecule has 0 unspecified atom stereocenters. The van der Waals surface area contributed by atoms with Crippen molar-refractivity contribution in [3.8, 4) is 23.0 Å². The molecule has 0 amide bonds. The van der Waals surface area contributed by atoms with Gasteiger partial charge in [0.05, 0.1) is 35.1 Å². The lowest BCUT2D eigenvalue weighted by atomic mass is 10.4. The molecule has 4 aromatic rings. The molecular formula is C22H14N6O2S2. The first-order valence-corrected chi connectivity index (χ1v) is 9.82. The van der Waals surface area contributed by atoms with Crippen molar-refractivity contribution in [1.82, 2.24) is 19.9 Å². The van der Waals surface area contributed by atoms with Crippen molar-refractivity contribution in [1.29, 1.82) is 0 Å². The highest BCUT2D eigenvalue weighted by Gasteiger charge is 1.98. The minimum Gasteiger partial charge on any atom is -0.454 e. The maximum absolute atomic E-state index is 5.50. The molecule has 0 aromatic carbocycles. The van der Waals surface area contributed by atoms with Gasteiger partial charge in [-0.3, -0.25) is 9.97 Å². The Kier molecular flexibility index (Phi) is 8.77. The van der Waals surface area contributed by atoms with E-state index in [9.17, 15) is 0 Å². The van der Waals surface area contributed by atoms with Crippen molar-refractivity contribution >= 4 is 46.4 Å². The second-order valence-corrected chi connectivity index (χ2v) is 6.06. The summed E-state index contributed by atoms with van der Waals surface area (Å²) in [6.07, 6.45) is 9.76. The third-order valence-electron chi connectivity index (χ3n) is 3.50. The van der Waals surface area contributed by atoms with E-state index < -0.39 is 0 Å². The molecule has 10 heteroatoms. The van der Waals surface area contributed by atoms with Crippen LogP contribution in [-0.4, -0.2) is 30.3 Å².